The van der Waals surface area contributed by atoms with Crippen molar-refractivity contribution in [3.05, 3.63) is 0 Å². The predicted octanol–water partition coefficient (Wildman–Crippen LogP) is -2.88. The smallest absolute Gasteiger partial charge is 1.00 e. The predicted molar refractivity (Wildman–Crippen MR) is 37.1 cm³/mol. The van der Waals surface area contributed by atoms with Crippen molar-refractivity contribution in [2.45, 2.75) is 0 Å². The van der Waals surface area contributed by atoms with E-state index in [2.05, 4.69) is 4.52 Å². The Hall–Kier alpha value is -0.528. The average Bonchev–Trinajstić information content (AvgIpc) is 1.78. The molecular weight excluding hydrogens is 261 g/mol. The molecule has 0 radical (unpaired) electrons. The van der Waals surface area contributed by atoms with Gasteiger partial charge >= 0.3 is 45.9 Å². The number of halogens is 4. The number of phosphoric ester groups is 1. The molecule has 0 aliphatic heterocycles. The van der Waals surface area contributed by atoms with Crippen LogP contribution in [0.25, 0.3) is 0 Å². The summed E-state index contributed by atoms with van der Waals surface area (Å²) in [7, 11) is -11.0. The fourth-order valence-corrected chi connectivity index (χ4v) is 0.441. The molecule has 0 aromatic heterocycles. The minimum absolute atomic E-state index is 0. The Bertz CT molecular complexity index is 286. The van der Waals surface area contributed by atoms with Gasteiger partial charge in [-0.2, -0.15) is 0 Å². The van der Waals surface area contributed by atoms with Crippen LogP contribution in [-0.4, -0.2) is 34.1 Å². The van der Waals surface area contributed by atoms with E-state index in [1.54, 1.807) is 0 Å². The first-order chi connectivity index (χ1) is 6.33. The summed E-state index contributed by atoms with van der Waals surface area (Å²) < 4.78 is 51.9. The van der Waals surface area contributed by atoms with Crippen molar-refractivity contribution in [3.8, 4) is 0 Å². The molecule has 14 heteroatoms. The van der Waals surface area contributed by atoms with Gasteiger partial charge in [0.1, 0.15) is 0 Å². The summed E-state index contributed by atoms with van der Waals surface area (Å²) in [5.41, 5.74) is 0. The number of hydrogen-bond donors (Lipinski definition) is 3. The Morgan fingerprint density at radius 3 is 1.50 bits per heavy atom. The summed E-state index contributed by atoms with van der Waals surface area (Å²) in [6.45, 7) is 0. The van der Waals surface area contributed by atoms with Gasteiger partial charge in [-0.3, -0.25) is 9.79 Å². The molecule has 0 spiro atoms. The Kier molecular flexibility index (Phi) is 10.0. The van der Waals surface area contributed by atoms with Gasteiger partial charge in [-0.15, -0.1) is 0 Å². The van der Waals surface area contributed by atoms with Crippen molar-refractivity contribution < 1.29 is 71.1 Å². The molecule has 16 heavy (non-hydrogen) atoms. The van der Waals surface area contributed by atoms with Crippen LogP contribution in [0.4, 0.5) is 17.3 Å². The fraction of sp³-hybridized carbons (Fsp3) is 0. The molecule has 0 saturated heterocycles. The summed E-state index contributed by atoms with van der Waals surface area (Å²) in [6, 6.07) is 0. The molecule has 0 unspecified atom stereocenters. The first-order valence-electron chi connectivity index (χ1n) is 2.72. The standard InChI is InChI=1S/C2H3O7P.BF4.Li.H/c3-1(4)2(5)9-10(6,7)8;2-1(3,4)5;;/h(H,3,4)(H2,6,7,8);;;/q;-1;+1;-1. The number of aliphatic carboxylic acids is 1. The molecule has 0 aliphatic rings. The largest absolute Gasteiger partial charge is 1.00 e. The van der Waals surface area contributed by atoms with E-state index < -0.39 is 27.0 Å². The van der Waals surface area contributed by atoms with E-state index >= 15 is 0 Å². The summed E-state index contributed by atoms with van der Waals surface area (Å²) in [5, 5.41) is 7.73. The number of hydrogen-bond acceptors (Lipinski definition) is 4. The van der Waals surface area contributed by atoms with E-state index in [1.165, 1.54) is 0 Å². The molecule has 92 valence electrons. The quantitative estimate of drug-likeness (QED) is 0.201. The van der Waals surface area contributed by atoms with Crippen molar-refractivity contribution in [1.29, 1.82) is 0 Å². The van der Waals surface area contributed by atoms with Crippen LogP contribution in [0.1, 0.15) is 1.43 Å². The van der Waals surface area contributed by atoms with Crippen LogP contribution < -0.4 is 18.9 Å². The van der Waals surface area contributed by atoms with Gasteiger partial charge in [0.15, 0.2) is 0 Å². The Balaban J connectivity index is -0.000000105. The first kappa shape index (κ1) is 20.8. The van der Waals surface area contributed by atoms with Crippen LogP contribution in [0, 0.1) is 0 Å². The van der Waals surface area contributed by atoms with Crippen molar-refractivity contribution in [3.63, 3.8) is 0 Å². The van der Waals surface area contributed by atoms with Crippen LogP contribution in [-0.2, 0) is 18.7 Å². The fourth-order valence-electron chi connectivity index (χ4n) is 0.147. The second-order valence-corrected chi connectivity index (χ2v) is 2.83. The second kappa shape index (κ2) is 7.70. The van der Waals surface area contributed by atoms with Gasteiger partial charge in [0.05, 0.1) is 0 Å². The minimum Gasteiger partial charge on any atom is -1.00 e. The second-order valence-electron chi connectivity index (χ2n) is 1.67. The number of rotatable bonds is 1. The van der Waals surface area contributed by atoms with Crippen LogP contribution in [0.5, 0.6) is 0 Å². The Labute approximate surface area is 98.8 Å². The minimum atomic E-state index is -6.00. The number of carboxylic acids is 1. The maximum absolute atomic E-state index is 9.84. The normalized spacial score (nSPS) is 10.4. The maximum atomic E-state index is 9.84. The Morgan fingerprint density at radius 1 is 1.19 bits per heavy atom. The maximum Gasteiger partial charge on any atom is 1.00 e. The van der Waals surface area contributed by atoms with E-state index in [9.17, 15) is 31.4 Å². The number of carboxylic acid groups (broad SMARTS) is 1. The van der Waals surface area contributed by atoms with E-state index in [1.807, 2.05) is 0 Å². The average molecular weight is 265 g/mol. The van der Waals surface area contributed by atoms with Crippen LogP contribution >= 0.6 is 7.82 Å². The molecule has 0 aromatic rings. The molecule has 0 aliphatic carbocycles. The van der Waals surface area contributed by atoms with Crippen LogP contribution in [0.3, 0.4) is 0 Å². The van der Waals surface area contributed by atoms with Gasteiger partial charge in [0, 0.05) is 0 Å². The molecule has 0 bridgehead atoms. The molecular formula is C2H4BF4LiO7P-. The third-order valence-corrected chi connectivity index (χ3v) is 0.780. The van der Waals surface area contributed by atoms with E-state index in [0.717, 1.165) is 0 Å². The number of carbonyl (C=O) groups is 2. The van der Waals surface area contributed by atoms with Crippen molar-refractivity contribution >= 4 is 27.0 Å². The molecule has 7 nitrogen and oxygen atoms in total. The van der Waals surface area contributed by atoms with Gasteiger partial charge in [-0.25, -0.2) is 14.2 Å². The third kappa shape index (κ3) is 29.2. The SMILES string of the molecule is F[B-](F)(F)F.O=C(O)C(=O)OP(=O)(O)O.[H-].[Li+]. The van der Waals surface area contributed by atoms with Crippen LogP contribution in [0.15, 0.2) is 0 Å². The number of carbonyl (C=O) groups excluding carboxylic acids is 1. The van der Waals surface area contributed by atoms with E-state index in [4.69, 9.17) is 14.9 Å². The summed E-state index contributed by atoms with van der Waals surface area (Å²) in [4.78, 5) is 35.1. The molecule has 0 aromatic carbocycles. The monoisotopic (exact) mass is 265 g/mol. The van der Waals surface area contributed by atoms with E-state index in [-0.39, 0.29) is 20.3 Å². The molecule has 0 atom stereocenters. The zero-order chi connectivity index (χ0) is 12.9. The van der Waals surface area contributed by atoms with Gasteiger partial charge < -0.3 is 28.3 Å². The first-order valence-corrected chi connectivity index (χ1v) is 4.25. The van der Waals surface area contributed by atoms with Gasteiger partial charge in [-0.05, 0) is 0 Å². The molecule has 0 rings (SSSR count). The molecule has 0 amide bonds. The summed E-state index contributed by atoms with van der Waals surface area (Å²) in [5.74, 6) is -4.03. The zero-order valence-corrected chi connectivity index (χ0v) is 8.41. The van der Waals surface area contributed by atoms with Gasteiger partial charge in [0.2, 0.25) is 0 Å². The molecule has 3 N–H and O–H groups in total. The molecule has 0 saturated carbocycles. The zero-order valence-electron chi connectivity index (χ0n) is 8.51. The topological polar surface area (TPSA) is 121 Å². The van der Waals surface area contributed by atoms with Crippen molar-refractivity contribution in [2.24, 2.45) is 0 Å². The molecule has 0 fully saturated rings. The number of phosphoric acid groups is 1. The van der Waals surface area contributed by atoms with Crippen LogP contribution in [0.2, 0.25) is 0 Å². The van der Waals surface area contributed by atoms with Crippen molar-refractivity contribution in [2.75, 3.05) is 0 Å². The summed E-state index contributed by atoms with van der Waals surface area (Å²) in [6.07, 6.45) is 0. The third-order valence-electron chi connectivity index (χ3n) is 0.376. The van der Waals surface area contributed by atoms with Crippen molar-refractivity contribution in [1.82, 2.24) is 0 Å². The molecule has 0 heterocycles. The summed E-state index contributed by atoms with van der Waals surface area (Å²) >= 11 is 0. The van der Waals surface area contributed by atoms with Gasteiger partial charge in [-0.1, -0.05) is 0 Å². The van der Waals surface area contributed by atoms with Gasteiger partial charge in [0.25, 0.3) is 0 Å². The van der Waals surface area contributed by atoms with E-state index in [0.29, 0.717) is 0 Å². The Morgan fingerprint density at radius 2 is 1.44 bits per heavy atom.